The minimum Gasteiger partial charge on any atom is -0.356 e. The molecule has 1 aromatic rings. The number of aliphatic imine (C=N–C) groups is 1. The van der Waals surface area contributed by atoms with Crippen LogP contribution in [0.25, 0.3) is 0 Å². The van der Waals surface area contributed by atoms with Gasteiger partial charge in [-0.3, -0.25) is 4.99 Å². The summed E-state index contributed by atoms with van der Waals surface area (Å²) in [6.45, 7) is 7.51. The molecule has 0 amide bonds. The summed E-state index contributed by atoms with van der Waals surface area (Å²) in [6.07, 6.45) is 1.05. The summed E-state index contributed by atoms with van der Waals surface area (Å²) >= 11 is 1.80. The highest BCUT2D eigenvalue weighted by atomic mass is 32.1. The molecule has 4 heteroatoms. The van der Waals surface area contributed by atoms with Gasteiger partial charge in [-0.15, -0.1) is 11.3 Å². The molecule has 96 valence electrons. The predicted molar refractivity (Wildman–Crippen MR) is 76.8 cm³/mol. The van der Waals surface area contributed by atoms with Crippen molar-refractivity contribution in [2.45, 2.75) is 33.2 Å². The summed E-state index contributed by atoms with van der Waals surface area (Å²) in [4.78, 5) is 5.63. The van der Waals surface area contributed by atoms with Crippen LogP contribution in [0.5, 0.6) is 0 Å². The second kappa shape index (κ2) is 7.33. The van der Waals surface area contributed by atoms with E-state index in [1.165, 1.54) is 4.88 Å². The molecule has 3 nitrogen and oxygen atoms in total. The number of hydrogen-bond donors (Lipinski definition) is 2. The van der Waals surface area contributed by atoms with Crippen LogP contribution in [-0.2, 0) is 6.42 Å². The molecule has 0 aliphatic heterocycles. The molecule has 17 heavy (non-hydrogen) atoms. The standard InChI is InChI=1S/C13H23N3S/c1-10(2)11(3)16-13(14-4)15-8-7-12-6-5-9-17-12/h5-6,9-11H,7-8H2,1-4H3,(H2,14,15,16). The fourth-order valence-corrected chi connectivity index (χ4v) is 2.04. The van der Waals surface area contributed by atoms with Crippen molar-refractivity contribution < 1.29 is 0 Å². The first-order valence-electron chi connectivity index (χ1n) is 6.13. The number of nitrogens with zero attached hydrogens (tertiary/aromatic N) is 1. The number of rotatable bonds is 5. The lowest BCUT2D eigenvalue weighted by Crippen LogP contribution is -2.44. The summed E-state index contributed by atoms with van der Waals surface area (Å²) in [5.74, 6) is 1.49. The molecule has 1 rings (SSSR count). The van der Waals surface area contributed by atoms with E-state index in [1.54, 1.807) is 11.3 Å². The third kappa shape index (κ3) is 5.22. The van der Waals surface area contributed by atoms with Crippen molar-refractivity contribution in [1.82, 2.24) is 10.6 Å². The van der Waals surface area contributed by atoms with Crippen LogP contribution in [0, 0.1) is 5.92 Å². The van der Waals surface area contributed by atoms with Gasteiger partial charge in [0.2, 0.25) is 0 Å². The van der Waals surface area contributed by atoms with Gasteiger partial charge in [-0.25, -0.2) is 0 Å². The second-order valence-corrected chi connectivity index (χ2v) is 5.54. The van der Waals surface area contributed by atoms with Crippen molar-refractivity contribution >= 4 is 17.3 Å². The highest BCUT2D eigenvalue weighted by Gasteiger charge is 2.08. The number of thiophene rings is 1. The minimum absolute atomic E-state index is 0.433. The first kappa shape index (κ1) is 14.0. The predicted octanol–water partition coefficient (Wildman–Crippen LogP) is 2.50. The fourth-order valence-electron chi connectivity index (χ4n) is 1.34. The van der Waals surface area contributed by atoms with Crippen LogP contribution >= 0.6 is 11.3 Å². The Labute approximate surface area is 108 Å². The molecule has 0 fully saturated rings. The van der Waals surface area contributed by atoms with E-state index in [9.17, 15) is 0 Å². The molecular weight excluding hydrogens is 230 g/mol. The van der Waals surface area contributed by atoms with Crippen LogP contribution in [0.4, 0.5) is 0 Å². The van der Waals surface area contributed by atoms with E-state index >= 15 is 0 Å². The molecule has 1 atom stereocenters. The molecule has 0 aliphatic carbocycles. The van der Waals surface area contributed by atoms with E-state index in [4.69, 9.17) is 0 Å². The summed E-state index contributed by atoms with van der Waals surface area (Å²) < 4.78 is 0. The molecule has 0 aliphatic rings. The van der Waals surface area contributed by atoms with E-state index < -0.39 is 0 Å². The van der Waals surface area contributed by atoms with Crippen LogP contribution in [0.1, 0.15) is 25.6 Å². The lowest BCUT2D eigenvalue weighted by molar-refractivity contribution is 0.481. The molecule has 0 aromatic carbocycles. The van der Waals surface area contributed by atoms with Crippen molar-refractivity contribution in [1.29, 1.82) is 0 Å². The molecule has 0 saturated heterocycles. The first-order chi connectivity index (χ1) is 8.13. The van der Waals surface area contributed by atoms with Gasteiger partial charge in [0.15, 0.2) is 5.96 Å². The Bertz CT molecular complexity index is 330. The quantitative estimate of drug-likeness (QED) is 0.625. The van der Waals surface area contributed by atoms with Gasteiger partial charge in [0.05, 0.1) is 0 Å². The Kier molecular flexibility index (Phi) is 6.05. The van der Waals surface area contributed by atoms with Crippen molar-refractivity contribution in [2.75, 3.05) is 13.6 Å². The van der Waals surface area contributed by atoms with Gasteiger partial charge in [-0.1, -0.05) is 19.9 Å². The molecular formula is C13H23N3S. The van der Waals surface area contributed by atoms with Gasteiger partial charge in [0.25, 0.3) is 0 Å². The lowest BCUT2D eigenvalue weighted by Gasteiger charge is -2.20. The average Bonchev–Trinajstić information content (AvgIpc) is 2.80. The van der Waals surface area contributed by atoms with Crippen molar-refractivity contribution in [3.63, 3.8) is 0 Å². The Morgan fingerprint density at radius 1 is 1.41 bits per heavy atom. The van der Waals surface area contributed by atoms with E-state index in [1.807, 2.05) is 7.05 Å². The summed E-state index contributed by atoms with van der Waals surface area (Å²) in [6, 6.07) is 4.69. The highest BCUT2D eigenvalue weighted by Crippen LogP contribution is 2.08. The Morgan fingerprint density at radius 3 is 2.71 bits per heavy atom. The molecule has 0 saturated carbocycles. The van der Waals surface area contributed by atoms with Gasteiger partial charge >= 0.3 is 0 Å². The summed E-state index contributed by atoms with van der Waals surface area (Å²) in [5.41, 5.74) is 0. The fraction of sp³-hybridized carbons (Fsp3) is 0.615. The normalized spacial score (nSPS) is 13.8. The Balaban J connectivity index is 2.28. The average molecular weight is 253 g/mol. The number of guanidine groups is 1. The zero-order valence-electron chi connectivity index (χ0n) is 11.2. The maximum Gasteiger partial charge on any atom is 0.191 e. The second-order valence-electron chi connectivity index (χ2n) is 4.51. The molecule has 1 aromatic heterocycles. The van der Waals surface area contributed by atoms with Crippen molar-refractivity contribution in [2.24, 2.45) is 10.9 Å². The smallest absolute Gasteiger partial charge is 0.191 e. The Hall–Kier alpha value is -1.03. The number of hydrogen-bond acceptors (Lipinski definition) is 2. The number of nitrogens with one attached hydrogen (secondary N) is 2. The highest BCUT2D eigenvalue weighted by molar-refractivity contribution is 7.09. The molecule has 2 N–H and O–H groups in total. The maximum absolute atomic E-state index is 4.23. The maximum atomic E-state index is 4.23. The van der Waals surface area contributed by atoms with E-state index in [0.717, 1.165) is 18.9 Å². The van der Waals surface area contributed by atoms with Gasteiger partial charge in [-0.05, 0) is 30.7 Å². The topological polar surface area (TPSA) is 36.4 Å². The van der Waals surface area contributed by atoms with Gasteiger partial charge in [0.1, 0.15) is 0 Å². The summed E-state index contributed by atoms with van der Waals surface area (Å²) in [5, 5.41) is 8.84. The van der Waals surface area contributed by atoms with Crippen LogP contribution in [0.3, 0.4) is 0 Å². The molecule has 0 radical (unpaired) electrons. The van der Waals surface area contributed by atoms with E-state index in [-0.39, 0.29) is 0 Å². The summed E-state index contributed by atoms with van der Waals surface area (Å²) in [7, 11) is 1.81. The van der Waals surface area contributed by atoms with Gasteiger partial charge in [-0.2, -0.15) is 0 Å². The van der Waals surface area contributed by atoms with Crippen molar-refractivity contribution in [3.05, 3.63) is 22.4 Å². The molecule has 0 bridgehead atoms. The van der Waals surface area contributed by atoms with Crippen molar-refractivity contribution in [3.8, 4) is 0 Å². The van der Waals surface area contributed by atoms with Crippen LogP contribution < -0.4 is 10.6 Å². The van der Waals surface area contributed by atoms with Crippen LogP contribution in [-0.4, -0.2) is 25.6 Å². The zero-order chi connectivity index (χ0) is 12.7. The van der Waals surface area contributed by atoms with Crippen LogP contribution in [0.2, 0.25) is 0 Å². The SMILES string of the molecule is CN=C(NCCc1cccs1)NC(C)C(C)C. The molecule has 0 spiro atoms. The molecule has 1 unspecified atom stereocenters. The van der Waals surface area contributed by atoms with Crippen LogP contribution in [0.15, 0.2) is 22.5 Å². The van der Waals surface area contributed by atoms with Gasteiger partial charge < -0.3 is 10.6 Å². The van der Waals surface area contributed by atoms with Gasteiger partial charge in [0, 0.05) is 24.5 Å². The minimum atomic E-state index is 0.433. The first-order valence-corrected chi connectivity index (χ1v) is 7.01. The zero-order valence-corrected chi connectivity index (χ0v) is 12.0. The van der Waals surface area contributed by atoms with E-state index in [0.29, 0.717) is 12.0 Å². The third-order valence-corrected chi connectivity index (χ3v) is 3.77. The largest absolute Gasteiger partial charge is 0.356 e. The Morgan fingerprint density at radius 2 is 2.18 bits per heavy atom. The monoisotopic (exact) mass is 253 g/mol. The molecule has 1 heterocycles. The van der Waals surface area contributed by atoms with E-state index in [2.05, 4.69) is 53.9 Å². The third-order valence-electron chi connectivity index (χ3n) is 2.83. The lowest BCUT2D eigenvalue weighted by atomic mass is 10.1.